The lowest BCUT2D eigenvalue weighted by molar-refractivity contribution is -0.221. The minimum atomic E-state index is -1.41. The normalized spacial score (nSPS) is 40.4. The van der Waals surface area contributed by atoms with E-state index in [-0.39, 0.29) is 51.8 Å². The average Bonchev–Trinajstić information content (AvgIpc) is 3.53. The molecule has 0 spiro atoms. The molecule has 11 atom stereocenters. The Balaban J connectivity index is 1.13. The standard InChI is InChI=1S/C46H65N3O7/c1-27(2)29-14-21-46(49-25-33(50)39(52)53)23-22-43(6)32(36(29)46)10-11-35-42(5)17-15-31(41(3,4)34(42)16-18-44(35,43)7)28-12-19-45(20-13-28,40(54)55)26-56-38-30(37(47)51)9-8-24-48-38/h8-9,12,15,24,29,32-36,49-50H,1,10-11,13-14,16-23,25-26H2,2-7H3,(H2,47,51)(H,52,53)(H,54,55)/t29-,32+,33+,34-,35+,36+,42-,43+,44+,45-,46-/m0/s1. The van der Waals surface area contributed by atoms with E-state index in [0.717, 1.165) is 44.9 Å². The van der Waals surface area contributed by atoms with E-state index in [1.165, 1.54) is 41.8 Å². The average molecular weight is 772 g/mol. The smallest absolute Gasteiger partial charge is 0.333 e. The van der Waals surface area contributed by atoms with Crippen LogP contribution in [0.3, 0.4) is 0 Å². The van der Waals surface area contributed by atoms with Crippen LogP contribution < -0.4 is 15.8 Å². The number of aliphatic carboxylic acids is 2. The number of carbonyl (C=O) groups is 3. The Morgan fingerprint density at radius 2 is 1.71 bits per heavy atom. The minimum absolute atomic E-state index is 0.0664. The first-order valence-corrected chi connectivity index (χ1v) is 21.1. The number of pyridine rings is 1. The Morgan fingerprint density at radius 1 is 0.964 bits per heavy atom. The number of aromatic nitrogens is 1. The van der Waals surface area contributed by atoms with Crippen LogP contribution in [0.1, 0.15) is 129 Å². The molecule has 10 heteroatoms. The summed E-state index contributed by atoms with van der Waals surface area (Å²) in [7, 11) is 0. The molecule has 4 fully saturated rings. The summed E-state index contributed by atoms with van der Waals surface area (Å²) in [6, 6.07) is 3.14. The Hall–Kier alpha value is -3.50. The SMILES string of the molecule is C=C(C)[C@@H]1CC[C@]2(NC[C@@H](O)C(=O)O)CC[C@]3(C)[C@H](CC[C@@H]4[C@@]5(C)CC=C(C6=CC[C@](COc7ncccc7C(N)=O)(C(=O)O)CC6)C(C)(C)[C@@H]5CC[C@]43C)[C@@H]12. The summed E-state index contributed by atoms with van der Waals surface area (Å²) in [6.45, 7) is 19.3. The van der Waals surface area contributed by atoms with Crippen LogP contribution in [0.15, 0.2) is 53.8 Å². The van der Waals surface area contributed by atoms with Gasteiger partial charge in [-0.3, -0.25) is 9.59 Å². The maximum absolute atomic E-state index is 12.8. The molecular formula is C46H65N3O7. The zero-order chi connectivity index (χ0) is 40.6. The summed E-state index contributed by atoms with van der Waals surface area (Å²) in [6.07, 6.45) is 15.9. The van der Waals surface area contributed by atoms with Gasteiger partial charge in [-0.25, -0.2) is 9.78 Å². The van der Waals surface area contributed by atoms with Crippen LogP contribution in [0.2, 0.25) is 0 Å². The Kier molecular flexibility index (Phi) is 10.2. The highest BCUT2D eigenvalue weighted by molar-refractivity contribution is 5.95. The first-order chi connectivity index (χ1) is 26.3. The van der Waals surface area contributed by atoms with Gasteiger partial charge in [0, 0.05) is 18.3 Å². The molecule has 306 valence electrons. The molecule has 0 unspecified atom stereocenters. The number of primary amides is 1. The second-order valence-corrected chi connectivity index (χ2v) is 20.1. The van der Waals surface area contributed by atoms with Gasteiger partial charge < -0.3 is 31.1 Å². The molecular weight excluding hydrogens is 707 g/mol. The number of hydrogen-bond acceptors (Lipinski definition) is 7. The number of hydrogen-bond donors (Lipinski definition) is 5. The van der Waals surface area contributed by atoms with Gasteiger partial charge in [-0.2, -0.15) is 0 Å². The third kappa shape index (κ3) is 6.09. The molecule has 6 aliphatic carbocycles. The number of amides is 1. The third-order valence-corrected chi connectivity index (χ3v) is 17.5. The van der Waals surface area contributed by atoms with Crippen LogP contribution in [0, 0.1) is 56.7 Å². The number of carboxylic acids is 2. The molecule has 7 rings (SSSR count). The van der Waals surface area contributed by atoms with E-state index in [9.17, 15) is 29.7 Å². The molecule has 1 heterocycles. The highest BCUT2D eigenvalue weighted by Gasteiger charge is 2.70. The minimum Gasteiger partial charge on any atom is -0.481 e. The summed E-state index contributed by atoms with van der Waals surface area (Å²) in [4.78, 5) is 40.5. The van der Waals surface area contributed by atoms with Gasteiger partial charge in [0.25, 0.3) is 5.91 Å². The van der Waals surface area contributed by atoms with Crippen LogP contribution >= 0.6 is 0 Å². The van der Waals surface area contributed by atoms with Gasteiger partial charge in [-0.1, -0.05) is 58.9 Å². The van der Waals surface area contributed by atoms with Crippen LogP contribution in [-0.2, 0) is 9.59 Å². The Bertz CT molecular complexity index is 1850. The highest BCUT2D eigenvalue weighted by atomic mass is 16.5. The van der Waals surface area contributed by atoms with Crippen LogP contribution in [0.4, 0.5) is 0 Å². The van der Waals surface area contributed by atoms with E-state index in [0.29, 0.717) is 48.9 Å². The molecule has 6 N–H and O–H groups in total. The number of nitrogens with one attached hydrogen (secondary N) is 1. The summed E-state index contributed by atoms with van der Waals surface area (Å²) in [5, 5.41) is 34.0. The fourth-order valence-electron chi connectivity index (χ4n) is 14.4. The second kappa shape index (κ2) is 14.1. The second-order valence-electron chi connectivity index (χ2n) is 20.1. The number of carboxylic acid groups (broad SMARTS) is 2. The van der Waals surface area contributed by atoms with Crippen LogP contribution in [0.5, 0.6) is 5.88 Å². The highest BCUT2D eigenvalue weighted by Crippen LogP contribution is 2.76. The summed E-state index contributed by atoms with van der Waals surface area (Å²) in [5.74, 6) is -0.400. The van der Waals surface area contributed by atoms with Gasteiger partial charge in [0.1, 0.15) is 17.6 Å². The molecule has 0 saturated heterocycles. The first-order valence-electron chi connectivity index (χ1n) is 21.1. The molecule has 1 aromatic rings. The number of nitrogens with zero attached hydrogens (tertiary/aromatic N) is 1. The van der Waals surface area contributed by atoms with Crippen molar-refractivity contribution >= 4 is 17.8 Å². The predicted molar refractivity (Wildman–Crippen MR) is 215 cm³/mol. The zero-order valence-corrected chi connectivity index (χ0v) is 34.5. The fraction of sp³-hybridized carbons (Fsp3) is 0.696. The van der Waals surface area contributed by atoms with Crippen molar-refractivity contribution in [1.29, 1.82) is 0 Å². The summed E-state index contributed by atoms with van der Waals surface area (Å²) < 4.78 is 5.91. The largest absolute Gasteiger partial charge is 0.481 e. The Labute approximate surface area is 332 Å². The molecule has 10 nitrogen and oxygen atoms in total. The summed E-state index contributed by atoms with van der Waals surface area (Å²) in [5.41, 5.74) is 8.50. The number of rotatable bonds is 11. The van der Waals surface area contributed by atoms with Gasteiger partial charge in [0.2, 0.25) is 5.88 Å². The molecule has 0 radical (unpaired) electrons. The van der Waals surface area contributed by atoms with Crippen LogP contribution in [0.25, 0.3) is 0 Å². The topological polar surface area (TPSA) is 172 Å². The zero-order valence-electron chi connectivity index (χ0n) is 34.5. The van der Waals surface area contributed by atoms with Gasteiger partial charge in [-0.15, -0.1) is 0 Å². The van der Waals surface area contributed by atoms with E-state index in [1.54, 1.807) is 6.07 Å². The molecule has 0 bridgehead atoms. The van der Waals surface area contributed by atoms with Crippen LogP contribution in [-0.4, -0.2) is 62.9 Å². The van der Waals surface area contributed by atoms with Gasteiger partial charge in [-0.05, 0) is 159 Å². The van der Waals surface area contributed by atoms with E-state index in [4.69, 9.17) is 10.5 Å². The van der Waals surface area contributed by atoms with Crippen molar-refractivity contribution in [2.24, 2.45) is 62.4 Å². The summed E-state index contributed by atoms with van der Waals surface area (Å²) >= 11 is 0. The molecule has 1 aromatic heterocycles. The number of nitrogens with two attached hydrogens (primary N) is 1. The first kappa shape index (κ1) is 40.7. The lowest BCUT2D eigenvalue weighted by Crippen LogP contribution is -2.68. The monoisotopic (exact) mass is 771 g/mol. The molecule has 1 amide bonds. The predicted octanol–water partition coefficient (Wildman–Crippen LogP) is 7.72. The molecule has 56 heavy (non-hydrogen) atoms. The number of carbonyl (C=O) groups excluding carboxylic acids is 1. The van der Waals surface area contributed by atoms with Gasteiger partial charge in [0.05, 0.1) is 0 Å². The lowest BCUT2D eigenvalue weighted by atomic mass is 9.33. The van der Waals surface area contributed by atoms with Gasteiger partial charge in [0.15, 0.2) is 6.10 Å². The van der Waals surface area contributed by atoms with Gasteiger partial charge >= 0.3 is 11.9 Å². The Morgan fingerprint density at radius 3 is 2.36 bits per heavy atom. The number of ether oxygens (including phenoxy) is 1. The number of aliphatic hydroxyl groups is 1. The van der Waals surface area contributed by atoms with Crippen molar-refractivity contribution in [3.05, 3.63) is 59.3 Å². The maximum Gasteiger partial charge on any atom is 0.333 e. The van der Waals surface area contributed by atoms with Crippen molar-refractivity contribution in [3.8, 4) is 5.88 Å². The number of allylic oxidation sites excluding steroid dienone is 5. The fourth-order valence-corrected chi connectivity index (χ4v) is 14.4. The van der Waals surface area contributed by atoms with Crippen molar-refractivity contribution < 1.29 is 34.4 Å². The number of fused-ring (bicyclic) bond motifs is 7. The molecule has 6 aliphatic rings. The third-order valence-electron chi connectivity index (χ3n) is 17.5. The van der Waals surface area contributed by atoms with E-state index in [2.05, 4.69) is 70.6 Å². The quantitative estimate of drug-likeness (QED) is 0.141. The van der Waals surface area contributed by atoms with Crippen molar-refractivity contribution in [2.75, 3.05) is 13.2 Å². The van der Waals surface area contributed by atoms with E-state index >= 15 is 0 Å². The lowest BCUT2D eigenvalue weighted by Gasteiger charge is -2.72. The molecule has 4 saturated carbocycles. The number of aliphatic hydroxyl groups excluding tert-OH is 1. The molecule has 0 aromatic carbocycles. The van der Waals surface area contributed by atoms with Crippen molar-refractivity contribution in [3.63, 3.8) is 0 Å². The van der Waals surface area contributed by atoms with E-state index in [1.807, 2.05) is 0 Å². The maximum atomic E-state index is 12.8. The molecule has 0 aliphatic heterocycles. The van der Waals surface area contributed by atoms with E-state index < -0.39 is 29.4 Å². The number of β-amino-alcohol motifs (C(OH)–C–C–N with tert-alkyl or cyclic N) is 1. The van der Waals surface area contributed by atoms with Crippen molar-refractivity contribution in [2.45, 2.75) is 130 Å². The van der Waals surface area contributed by atoms with Crippen molar-refractivity contribution in [1.82, 2.24) is 10.3 Å².